The van der Waals surface area contributed by atoms with Crippen molar-refractivity contribution in [1.29, 1.82) is 5.26 Å². The highest BCUT2D eigenvalue weighted by Gasteiger charge is 2.19. The van der Waals surface area contributed by atoms with Crippen molar-refractivity contribution in [3.8, 4) is 6.07 Å². The highest BCUT2D eigenvalue weighted by molar-refractivity contribution is 6.34. The Bertz CT molecular complexity index is 1070. The fourth-order valence-electron chi connectivity index (χ4n) is 2.87. The molecule has 0 spiro atoms. The summed E-state index contributed by atoms with van der Waals surface area (Å²) >= 11 is 18.5. The first kappa shape index (κ1) is 20.2. The van der Waals surface area contributed by atoms with Crippen LogP contribution in [0.1, 0.15) is 33.0 Å². The second-order valence-electron chi connectivity index (χ2n) is 6.24. The fourth-order valence-corrected chi connectivity index (χ4v) is 3.49. The van der Waals surface area contributed by atoms with Gasteiger partial charge in [0.05, 0.1) is 22.6 Å². The molecule has 140 valence electrons. The molecule has 3 rings (SSSR count). The van der Waals surface area contributed by atoms with Gasteiger partial charge in [-0.25, -0.2) is 0 Å². The molecule has 0 aliphatic heterocycles. The number of nitrogens with zero attached hydrogens (tertiary/aromatic N) is 1. The summed E-state index contributed by atoms with van der Waals surface area (Å²) in [5.41, 5.74) is 3.18. The summed E-state index contributed by atoms with van der Waals surface area (Å²) in [5, 5.41) is 13.9. The number of amides is 1. The topological polar surface area (TPSA) is 52.9 Å². The lowest BCUT2D eigenvalue weighted by molar-refractivity contribution is 0.102. The molecule has 0 aromatic heterocycles. The van der Waals surface area contributed by atoms with Crippen molar-refractivity contribution >= 4 is 46.4 Å². The predicted molar refractivity (Wildman–Crippen MR) is 115 cm³/mol. The first-order chi connectivity index (χ1) is 13.4. The molecule has 1 atom stereocenters. The van der Waals surface area contributed by atoms with E-state index in [2.05, 4.69) is 11.4 Å². The number of nitrogens with one attached hydrogen (secondary N) is 1. The Morgan fingerprint density at radius 3 is 2.32 bits per heavy atom. The first-order valence-corrected chi connectivity index (χ1v) is 9.55. The van der Waals surface area contributed by atoms with Gasteiger partial charge in [0.1, 0.15) is 0 Å². The Hall–Kier alpha value is -2.51. The Morgan fingerprint density at radius 1 is 1.00 bits per heavy atom. The van der Waals surface area contributed by atoms with Crippen LogP contribution in [0.2, 0.25) is 15.1 Å². The van der Waals surface area contributed by atoms with Crippen LogP contribution in [0, 0.1) is 18.3 Å². The van der Waals surface area contributed by atoms with E-state index in [-0.39, 0.29) is 5.91 Å². The minimum Gasteiger partial charge on any atom is -0.322 e. The third-order valence-corrected chi connectivity index (χ3v) is 5.26. The molecule has 0 aliphatic carbocycles. The molecular formula is C22H15Cl3N2O. The van der Waals surface area contributed by atoms with Gasteiger partial charge in [-0.1, -0.05) is 65.1 Å². The van der Waals surface area contributed by atoms with Crippen molar-refractivity contribution in [2.45, 2.75) is 12.8 Å². The maximum Gasteiger partial charge on any atom is 0.257 e. The molecule has 0 unspecified atom stereocenters. The molecule has 28 heavy (non-hydrogen) atoms. The van der Waals surface area contributed by atoms with Crippen LogP contribution in [0.3, 0.4) is 0 Å². The van der Waals surface area contributed by atoms with Gasteiger partial charge in [-0.2, -0.15) is 5.26 Å². The van der Waals surface area contributed by atoms with Gasteiger partial charge in [-0.3, -0.25) is 4.79 Å². The van der Waals surface area contributed by atoms with Crippen LogP contribution in [0.15, 0.2) is 60.7 Å². The number of halogens is 3. The normalized spacial score (nSPS) is 11.5. The van der Waals surface area contributed by atoms with Gasteiger partial charge in [0.2, 0.25) is 0 Å². The van der Waals surface area contributed by atoms with E-state index >= 15 is 0 Å². The first-order valence-electron chi connectivity index (χ1n) is 8.41. The zero-order chi connectivity index (χ0) is 20.3. The predicted octanol–water partition coefficient (Wildman–Crippen LogP) is 6.86. The van der Waals surface area contributed by atoms with Gasteiger partial charge in [0.25, 0.3) is 5.91 Å². The number of anilines is 1. The molecule has 1 amide bonds. The second-order valence-corrected chi connectivity index (χ2v) is 7.49. The van der Waals surface area contributed by atoms with Gasteiger partial charge < -0.3 is 5.32 Å². The van der Waals surface area contributed by atoms with Gasteiger partial charge >= 0.3 is 0 Å². The van der Waals surface area contributed by atoms with Crippen molar-refractivity contribution in [2.75, 3.05) is 5.32 Å². The van der Waals surface area contributed by atoms with Crippen LogP contribution < -0.4 is 5.32 Å². The third kappa shape index (κ3) is 4.31. The van der Waals surface area contributed by atoms with Gasteiger partial charge in [-0.05, 0) is 53.9 Å². The standard InChI is InChI=1S/C22H15Cl3N2O/c1-13-10-17(18(12-26)14-6-8-15(23)9-7-14)20(25)11-21(13)27-22(28)16-4-2-3-5-19(16)24/h2-11,18H,1H3,(H,27,28)/t18-/m0/s1. The molecule has 3 aromatic carbocycles. The average Bonchev–Trinajstić information content (AvgIpc) is 2.67. The van der Waals surface area contributed by atoms with Gasteiger partial charge in [0, 0.05) is 15.7 Å². The number of rotatable bonds is 4. The highest BCUT2D eigenvalue weighted by atomic mass is 35.5. The number of nitriles is 1. The van der Waals surface area contributed by atoms with E-state index in [1.165, 1.54) is 0 Å². The summed E-state index contributed by atoms with van der Waals surface area (Å²) in [7, 11) is 0. The molecule has 0 bridgehead atoms. The zero-order valence-corrected chi connectivity index (χ0v) is 17.1. The van der Waals surface area contributed by atoms with Crippen LogP contribution in [-0.4, -0.2) is 5.91 Å². The zero-order valence-electron chi connectivity index (χ0n) is 14.8. The van der Waals surface area contributed by atoms with Crippen molar-refractivity contribution in [3.63, 3.8) is 0 Å². The van der Waals surface area contributed by atoms with E-state index in [0.717, 1.165) is 11.1 Å². The summed E-state index contributed by atoms with van der Waals surface area (Å²) in [6, 6.07) is 19.6. The number of carbonyl (C=O) groups is 1. The summed E-state index contributed by atoms with van der Waals surface area (Å²) < 4.78 is 0. The number of carbonyl (C=O) groups excluding carboxylic acids is 1. The molecule has 0 saturated carbocycles. The minimum atomic E-state index is -0.545. The molecule has 0 saturated heterocycles. The van der Waals surface area contributed by atoms with E-state index < -0.39 is 5.92 Å². The van der Waals surface area contributed by atoms with E-state index in [0.29, 0.717) is 31.9 Å². The van der Waals surface area contributed by atoms with E-state index in [4.69, 9.17) is 34.8 Å². The molecule has 0 fully saturated rings. The highest BCUT2D eigenvalue weighted by Crippen LogP contribution is 2.34. The van der Waals surface area contributed by atoms with E-state index in [1.807, 2.05) is 13.0 Å². The van der Waals surface area contributed by atoms with Crippen LogP contribution in [0.5, 0.6) is 0 Å². The maximum atomic E-state index is 12.5. The molecule has 0 heterocycles. The van der Waals surface area contributed by atoms with Crippen molar-refractivity contribution in [1.82, 2.24) is 0 Å². The number of benzene rings is 3. The quantitative estimate of drug-likeness (QED) is 0.492. The Morgan fingerprint density at radius 2 is 1.68 bits per heavy atom. The molecule has 3 aromatic rings. The summed E-state index contributed by atoms with van der Waals surface area (Å²) in [5.74, 6) is -0.871. The van der Waals surface area contributed by atoms with Crippen LogP contribution in [0.4, 0.5) is 5.69 Å². The lowest BCUT2D eigenvalue weighted by Crippen LogP contribution is -2.13. The number of hydrogen-bond donors (Lipinski definition) is 1. The SMILES string of the molecule is Cc1cc([C@@H](C#N)c2ccc(Cl)cc2)c(Cl)cc1NC(=O)c1ccccc1Cl. The molecule has 0 radical (unpaired) electrons. The average molecular weight is 430 g/mol. The van der Waals surface area contributed by atoms with Gasteiger partial charge in [-0.15, -0.1) is 0 Å². The fraction of sp³-hybridized carbons (Fsp3) is 0.0909. The van der Waals surface area contributed by atoms with Crippen LogP contribution in [-0.2, 0) is 0 Å². The molecule has 3 nitrogen and oxygen atoms in total. The minimum absolute atomic E-state index is 0.327. The van der Waals surface area contributed by atoms with Crippen molar-refractivity contribution in [3.05, 3.63) is 98.0 Å². The monoisotopic (exact) mass is 428 g/mol. The van der Waals surface area contributed by atoms with Crippen LogP contribution in [0.25, 0.3) is 0 Å². The number of aryl methyl sites for hydroxylation is 1. The number of hydrogen-bond acceptors (Lipinski definition) is 2. The second kappa shape index (κ2) is 8.67. The van der Waals surface area contributed by atoms with E-state index in [1.54, 1.807) is 54.6 Å². The molecule has 0 aliphatic rings. The molecule has 6 heteroatoms. The largest absolute Gasteiger partial charge is 0.322 e. The van der Waals surface area contributed by atoms with Crippen LogP contribution >= 0.6 is 34.8 Å². The Kier molecular flexibility index (Phi) is 6.26. The molecular weight excluding hydrogens is 415 g/mol. The Labute approximate surface area is 178 Å². The summed E-state index contributed by atoms with van der Waals surface area (Å²) in [6.45, 7) is 1.85. The Balaban J connectivity index is 1.92. The summed E-state index contributed by atoms with van der Waals surface area (Å²) in [6.07, 6.45) is 0. The van der Waals surface area contributed by atoms with Gasteiger partial charge in [0.15, 0.2) is 0 Å². The summed E-state index contributed by atoms with van der Waals surface area (Å²) in [4.78, 5) is 12.5. The smallest absolute Gasteiger partial charge is 0.257 e. The molecule has 1 N–H and O–H groups in total. The van der Waals surface area contributed by atoms with E-state index in [9.17, 15) is 10.1 Å². The third-order valence-electron chi connectivity index (χ3n) is 4.35. The van der Waals surface area contributed by atoms with Crippen molar-refractivity contribution < 1.29 is 4.79 Å². The maximum absolute atomic E-state index is 12.5. The lowest BCUT2D eigenvalue weighted by Gasteiger charge is -2.16. The van der Waals surface area contributed by atoms with Crippen molar-refractivity contribution in [2.24, 2.45) is 0 Å². The lowest BCUT2D eigenvalue weighted by atomic mass is 9.91.